The maximum absolute atomic E-state index is 11.7. The molecule has 0 spiro atoms. The number of aryl methyl sites for hydroxylation is 1. The number of halogens is 1. The Balaban J connectivity index is 2.77. The van der Waals surface area contributed by atoms with Crippen LogP contribution in [0.4, 0.5) is 0 Å². The lowest BCUT2D eigenvalue weighted by atomic mass is 10.0. The summed E-state index contributed by atoms with van der Waals surface area (Å²) < 4.78 is 0.860. The first-order chi connectivity index (χ1) is 9.46. The summed E-state index contributed by atoms with van der Waals surface area (Å²) in [6.45, 7) is 0.318. The highest BCUT2D eigenvalue weighted by Crippen LogP contribution is 2.19. The fourth-order valence-electron chi connectivity index (χ4n) is 1.50. The van der Waals surface area contributed by atoms with E-state index in [1.807, 2.05) is 25.1 Å². The van der Waals surface area contributed by atoms with Gasteiger partial charge in [-0.1, -0.05) is 28.1 Å². The number of carbonyl (C=O) groups is 1. The summed E-state index contributed by atoms with van der Waals surface area (Å²) in [5.41, 5.74) is 0.512. The van der Waals surface area contributed by atoms with Crippen LogP contribution in [0.1, 0.15) is 11.1 Å². The summed E-state index contributed by atoms with van der Waals surface area (Å²) in [6, 6.07) is 5.71. The van der Waals surface area contributed by atoms with Crippen LogP contribution in [0.2, 0.25) is 0 Å². The molecule has 1 aromatic carbocycles. The van der Waals surface area contributed by atoms with Crippen LogP contribution < -0.4 is 5.32 Å². The Hall–Kier alpha value is -1.21. The Labute approximate surface area is 126 Å². The molecule has 0 bridgehead atoms. The summed E-state index contributed by atoms with van der Waals surface area (Å²) in [7, 11) is 0. The van der Waals surface area contributed by atoms with Crippen molar-refractivity contribution in [2.75, 3.05) is 19.8 Å². The van der Waals surface area contributed by atoms with E-state index in [2.05, 4.69) is 21.2 Å². The maximum Gasteiger partial charge on any atom is 0.244 e. The average molecular weight is 344 g/mol. The number of benzene rings is 1. The molecule has 0 aliphatic rings. The summed E-state index contributed by atoms with van der Waals surface area (Å²) in [5, 5.41) is 29.7. The minimum Gasteiger partial charge on any atom is -0.394 e. The molecule has 5 nitrogen and oxygen atoms in total. The second kappa shape index (κ2) is 7.54. The molecular weight excluding hydrogens is 326 g/mol. The topological polar surface area (TPSA) is 89.8 Å². The van der Waals surface area contributed by atoms with Gasteiger partial charge in [0.15, 0.2) is 0 Å². The first kappa shape index (κ1) is 16.8. The number of rotatable bonds is 6. The van der Waals surface area contributed by atoms with Gasteiger partial charge in [-0.05, 0) is 30.2 Å². The van der Waals surface area contributed by atoms with Gasteiger partial charge in [0.05, 0.1) is 19.8 Å². The Morgan fingerprint density at radius 1 is 1.30 bits per heavy atom. The van der Waals surface area contributed by atoms with Crippen molar-refractivity contribution in [3.63, 3.8) is 0 Å². The molecule has 0 fully saturated rings. The highest BCUT2D eigenvalue weighted by atomic mass is 79.9. The van der Waals surface area contributed by atoms with Crippen molar-refractivity contribution in [3.8, 4) is 0 Å². The predicted molar refractivity (Wildman–Crippen MR) is 80.0 cm³/mol. The summed E-state index contributed by atoms with van der Waals surface area (Å²) in [5.74, 6) is -0.505. The highest BCUT2D eigenvalue weighted by Gasteiger charge is 2.29. The number of aliphatic hydroxyl groups excluding tert-OH is 3. The molecule has 0 heterocycles. The zero-order valence-corrected chi connectivity index (χ0v) is 12.7. The predicted octanol–water partition coefficient (Wildman–Crippen LogP) is 0.603. The Kier molecular flexibility index (Phi) is 6.35. The molecule has 0 atom stereocenters. The van der Waals surface area contributed by atoms with Crippen LogP contribution in [0.25, 0.3) is 6.08 Å². The van der Waals surface area contributed by atoms with Crippen molar-refractivity contribution in [2.24, 2.45) is 0 Å². The first-order valence-corrected chi connectivity index (χ1v) is 6.84. The smallest absolute Gasteiger partial charge is 0.244 e. The minimum atomic E-state index is -1.41. The van der Waals surface area contributed by atoms with Gasteiger partial charge in [-0.2, -0.15) is 0 Å². The van der Waals surface area contributed by atoms with Crippen LogP contribution in [0, 0.1) is 6.92 Å². The lowest BCUT2D eigenvalue weighted by Gasteiger charge is -2.27. The summed E-state index contributed by atoms with van der Waals surface area (Å²) in [6.07, 6.45) is 2.89. The molecule has 4 N–H and O–H groups in total. The third-order valence-corrected chi connectivity index (χ3v) is 3.55. The Bertz CT molecular complexity index is 490. The van der Waals surface area contributed by atoms with Gasteiger partial charge in [0, 0.05) is 10.5 Å². The molecule has 20 heavy (non-hydrogen) atoms. The zero-order chi connectivity index (χ0) is 15.2. The Morgan fingerprint density at radius 3 is 2.40 bits per heavy atom. The summed E-state index contributed by atoms with van der Waals surface area (Å²) in [4.78, 5) is 11.7. The zero-order valence-electron chi connectivity index (χ0n) is 11.1. The molecule has 0 aliphatic carbocycles. The van der Waals surface area contributed by atoms with E-state index < -0.39 is 31.3 Å². The van der Waals surface area contributed by atoms with E-state index in [9.17, 15) is 4.79 Å². The van der Waals surface area contributed by atoms with Crippen LogP contribution >= 0.6 is 15.9 Å². The number of carbonyl (C=O) groups excluding carboxylic acids is 1. The van der Waals surface area contributed by atoms with Gasteiger partial charge in [-0.25, -0.2) is 0 Å². The largest absolute Gasteiger partial charge is 0.394 e. The number of hydrogen-bond donors (Lipinski definition) is 4. The van der Waals surface area contributed by atoms with Crippen LogP contribution in [-0.4, -0.2) is 46.6 Å². The van der Waals surface area contributed by atoms with E-state index in [4.69, 9.17) is 15.3 Å². The molecule has 110 valence electrons. The van der Waals surface area contributed by atoms with Crippen molar-refractivity contribution >= 4 is 27.9 Å². The van der Waals surface area contributed by atoms with E-state index in [1.165, 1.54) is 6.08 Å². The monoisotopic (exact) mass is 343 g/mol. The fourth-order valence-corrected chi connectivity index (χ4v) is 2.13. The number of nitrogens with one attached hydrogen (secondary N) is 1. The van der Waals surface area contributed by atoms with Gasteiger partial charge >= 0.3 is 0 Å². The van der Waals surface area contributed by atoms with Crippen molar-refractivity contribution in [2.45, 2.75) is 12.5 Å². The molecular formula is C14H18BrNO4. The first-order valence-electron chi connectivity index (χ1n) is 6.05. The quantitative estimate of drug-likeness (QED) is 0.569. The molecule has 0 radical (unpaired) electrons. The summed E-state index contributed by atoms with van der Waals surface area (Å²) >= 11 is 3.40. The molecule has 0 unspecified atom stereocenters. The van der Waals surface area contributed by atoms with Crippen LogP contribution in [0.15, 0.2) is 28.7 Å². The van der Waals surface area contributed by atoms with E-state index in [0.717, 1.165) is 15.6 Å². The van der Waals surface area contributed by atoms with Crippen molar-refractivity contribution < 1.29 is 20.1 Å². The molecule has 0 saturated carbocycles. The van der Waals surface area contributed by atoms with Gasteiger partial charge in [-0.15, -0.1) is 0 Å². The van der Waals surface area contributed by atoms with Crippen LogP contribution in [-0.2, 0) is 4.79 Å². The van der Waals surface area contributed by atoms with Gasteiger partial charge < -0.3 is 20.6 Å². The van der Waals surface area contributed by atoms with Crippen LogP contribution in [0.3, 0.4) is 0 Å². The molecule has 1 aromatic rings. The van der Waals surface area contributed by atoms with Crippen LogP contribution in [0.5, 0.6) is 0 Å². The van der Waals surface area contributed by atoms with E-state index in [-0.39, 0.29) is 0 Å². The number of aliphatic hydroxyl groups is 3. The van der Waals surface area contributed by atoms with Crippen molar-refractivity contribution in [1.82, 2.24) is 5.32 Å². The van der Waals surface area contributed by atoms with E-state index >= 15 is 0 Å². The van der Waals surface area contributed by atoms with Crippen molar-refractivity contribution in [1.29, 1.82) is 0 Å². The molecule has 0 aromatic heterocycles. The SMILES string of the molecule is Cc1ccc(/C=C/C(=O)NC(CO)(CO)CO)c(Br)c1. The van der Waals surface area contributed by atoms with Gasteiger partial charge in [0.25, 0.3) is 0 Å². The maximum atomic E-state index is 11.7. The van der Waals surface area contributed by atoms with Gasteiger partial charge in [-0.3, -0.25) is 4.79 Å². The lowest BCUT2D eigenvalue weighted by molar-refractivity contribution is -0.120. The standard InChI is InChI=1S/C14H18BrNO4/c1-10-2-3-11(12(15)6-10)4-5-13(20)16-14(7-17,8-18)9-19/h2-6,17-19H,7-9H2,1H3,(H,16,20)/b5-4+. The second-order valence-corrected chi connectivity index (χ2v) is 5.46. The molecule has 1 amide bonds. The van der Waals surface area contributed by atoms with E-state index in [0.29, 0.717) is 0 Å². The average Bonchev–Trinajstić information content (AvgIpc) is 2.44. The second-order valence-electron chi connectivity index (χ2n) is 4.60. The third-order valence-electron chi connectivity index (χ3n) is 2.87. The molecule has 0 saturated heterocycles. The molecule has 6 heteroatoms. The molecule has 1 rings (SSSR count). The minimum absolute atomic E-state index is 0.505. The third kappa shape index (κ3) is 4.42. The van der Waals surface area contributed by atoms with Crippen molar-refractivity contribution in [3.05, 3.63) is 39.9 Å². The number of hydrogen-bond acceptors (Lipinski definition) is 4. The number of amides is 1. The highest BCUT2D eigenvalue weighted by molar-refractivity contribution is 9.10. The van der Waals surface area contributed by atoms with Gasteiger partial charge in [0.2, 0.25) is 5.91 Å². The van der Waals surface area contributed by atoms with E-state index in [1.54, 1.807) is 6.08 Å². The Morgan fingerprint density at radius 2 is 1.90 bits per heavy atom. The molecule has 0 aliphatic heterocycles. The fraction of sp³-hybridized carbons (Fsp3) is 0.357. The van der Waals surface area contributed by atoms with Gasteiger partial charge in [0.1, 0.15) is 5.54 Å². The normalized spacial score (nSPS) is 11.8. The lowest BCUT2D eigenvalue weighted by Crippen LogP contribution is -2.56.